The van der Waals surface area contributed by atoms with Crippen molar-refractivity contribution >= 4 is 17.2 Å². The number of nitrogens with two attached hydrogens (primary N) is 1. The summed E-state index contributed by atoms with van der Waals surface area (Å²) in [6.45, 7) is 2.60. The zero-order valence-corrected chi connectivity index (χ0v) is 23.1. The quantitative estimate of drug-likeness (QED) is 0.342. The van der Waals surface area contributed by atoms with E-state index in [1.165, 1.54) is 0 Å². The van der Waals surface area contributed by atoms with Gasteiger partial charge in [-0.1, -0.05) is 42.5 Å². The number of benzene rings is 2. The van der Waals surface area contributed by atoms with Crippen molar-refractivity contribution in [3.63, 3.8) is 0 Å². The molecule has 4 aromatic rings. The van der Waals surface area contributed by atoms with Gasteiger partial charge in [0, 0.05) is 35.8 Å². The molecule has 1 aliphatic heterocycles. The first-order valence-corrected chi connectivity index (χ1v) is 14.4. The molecule has 1 amide bonds. The van der Waals surface area contributed by atoms with Gasteiger partial charge in [-0.05, 0) is 76.4 Å². The molecule has 1 saturated carbocycles. The van der Waals surface area contributed by atoms with Gasteiger partial charge in [-0.2, -0.15) is 0 Å². The number of aromatic nitrogens is 3. The van der Waals surface area contributed by atoms with Crippen molar-refractivity contribution in [3.05, 3.63) is 78.4 Å². The minimum atomic E-state index is 0.0757. The maximum Gasteiger partial charge on any atom is 0.223 e. The van der Waals surface area contributed by atoms with Crippen molar-refractivity contribution in [1.82, 2.24) is 24.6 Å². The Balaban J connectivity index is 1.18. The Morgan fingerprint density at radius 3 is 2.58 bits per heavy atom. The summed E-state index contributed by atoms with van der Waals surface area (Å²) in [5.41, 5.74) is 10.1. The summed E-state index contributed by atoms with van der Waals surface area (Å²) in [4.78, 5) is 24.9. The van der Waals surface area contributed by atoms with Crippen molar-refractivity contribution < 1.29 is 9.53 Å². The Morgan fingerprint density at radius 1 is 1.02 bits per heavy atom. The van der Waals surface area contributed by atoms with Gasteiger partial charge in [0.1, 0.15) is 35.2 Å². The Hall–Kier alpha value is -3.91. The Bertz CT molecular complexity index is 1450. The van der Waals surface area contributed by atoms with E-state index < -0.39 is 0 Å². The molecule has 2 aromatic carbocycles. The van der Waals surface area contributed by atoms with Crippen molar-refractivity contribution in [3.8, 4) is 17.0 Å². The molecule has 3 N–H and O–H groups in total. The van der Waals surface area contributed by atoms with Crippen LogP contribution in [0.4, 0.5) is 5.82 Å². The zero-order chi connectivity index (χ0) is 27.5. The SMILES string of the molecule is CN1CCC(NC(=O)C2CCC(c3nc(-c4cccc(OCc5ccccc5)c4)c4c(N)nccn34)CC2)CC1. The van der Waals surface area contributed by atoms with Crippen molar-refractivity contribution in [2.75, 3.05) is 25.9 Å². The minimum Gasteiger partial charge on any atom is -0.489 e. The lowest BCUT2D eigenvalue weighted by atomic mass is 9.81. The highest BCUT2D eigenvalue weighted by atomic mass is 16.5. The molecule has 0 spiro atoms. The molecule has 208 valence electrons. The Morgan fingerprint density at radius 2 is 1.80 bits per heavy atom. The van der Waals surface area contributed by atoms with Crippen LogP contribution in [0.3, 0.4) is 0 Å². The summed E-state index contributed by atoms with van der Waals surface area (Å²) in [5.74, 6) is 2.78. The van der Waals surface area contributed by atoms with Gasteiger partial charge < -0.3 is 20.7 Å². The average Bonchev–Trinajstić information content (AvgIpc) is 3.39. The highest BCUT2D eigenvalue weighted by Gasteiger charge is 2.31. The van der Waals surface area contributed by atoms with E-state index in [0.29, 0.717) is 18.5 Å². The lowest BCUT2D eigenvalue weighted by Gasteiger charge is -2.32. The molecule has 0 atom stereocenters. The van der Waals surface area contributed by atoms with Crippen molar-refractivity contribution in [2.24, 2.45) is 5.92 Å². The van der Waals surface area contributed by atoms with E-state index in [0.717, 1.165) is 85.5 Å². The van der Waals surface area contributed by atoms with Crippen LogP contribution in [0.2, 0.25) is 0 Å². The maximum atomic E-state index is 13.0. The van der Waals surface area contributed by atoms with Gasteiger partial charge in [0.2, 0.25) is 5.91 Å². The molecule has 2 fully saturated rings. The first kappa shape index (κ1) is 26.3. The molecule has 8 nitrogen and oxygen atoms in total. The second kappa shape index (κ2) is 11.7. The average molecular weight is 539 g/mol. The van der Waals surface area contributed by atoms with Crippen LogP contribution in [0.15, 0.2) is 67.0 Å². The predicted octanol–water partition coefficient (Wildman–Crippen LogP) is 5.04. The van der Waals surface area contributed by atoms with Crippen LogP contribution >= 0.6 is 0 Å². The monoisotopic (exact) mass is 538 g/mol. The van der Waals surface area contributed by atoms with Crippen molar-refractivity contribution in [1.29, 1.82) is 0 Å². The van der Waals surface area contributed by atoms with Gasteiger partial charge in [0.25, 0.3) is 0 Å². The third-order valence-corrected chi connectivity index (χ3v) is 8.49. The van der Waals surface area contributed by atoms with Gasteiger partial charge in [-0.25, -0.2) is 9.97 Å². The number of carbonyl (C=O) groups excluding carboxylic acids is 1. The normalized spacial score (nSPS) is 20.4. The Kier molecular flexibility index (Phi) is 7.68. The van der Waals surface area contributed by atoms with Gasteiger partial charge in [0.05, 0.1) is 0 Å². The molecule has 3 heterocycles. The van der Waals surface area contributed by atoms with Gasteiger partial charge >= 0.3 is 0 Å². The second-order valence-electron chi connectivity index (χ2n) is 11.3. The smallest absolute Gasteiger partial charge is 0.223 e. The molecule has 2 aromatic heterocycles. The number of anilines is 1. The number of ether oxygens (including phenoxy) is 1. The van der Waals surface area contributed by atoms with Crippen LogP contribution < -0.4 is 15.8 Å². The highest BCUT2D eigenvalue weighted by molar-refractivity contribution is 5.85. The number of nitrogens with zero attached hydrogens (tertiary/aromatic N) is 4. The van der Waals surface area contributed by atoms with E-state index in [-0.39, 0.29) is 17.7 Å². The summed E-state index contributed by atoms with van der Waals surface area (Å²) >= 11 is 0. The van der Waals surface area contributed by atoms with E-state index >= 15 is 0 Å². The minimum absolute atomic E-state index is 0.0757. The van der Waals surface area contributed by atoms with Crippen LogP contribution in [0.5, 0.6) is 5.75 Å². The van der Waals surface area contributed by atoms with Crippen LogP contribution in [0.1, 0.15) is 55.8 Å². The standard InChI is InChI=1S/C32H38N6O2/c1-37-17-14-26(15-18-37)35-32(39)24-12-10-23(11-13-24)31-36-28(29-30(33)34-16-19-38(29)31)25-8-5-9-27(20-25)40-21-22-6-3-2-4-7-22/h2-9,16,19-20,23-24,26H,10-15,17-18,21H2,1H3,(H2,33,34)(H,35,39). The number of fused-ring (bicyclic) bond motifs is 1. The summed E-state index contributed by atoms with van der Waals surface area (Å²) in [5, 5.41) is 3.33. The van der Waals surface area contributed by atoms with E-state index in [1.807, 2.05) is 48.7 Å². The van der Waals surface area contributed by atoms with E-state index in [2.05, 4.69) is 38.8 Å². The highest BCUT2D eigenvalue weighted by Crippen LogP contribution is 2.39. The van der Waals surface area contributed by atoms with Crippen molar-refractivity contribution in [2.45, 2.75) is 57.1 Å². The molecule has 40 heavy (non-hydrogen) atoms. The fourth-order valence-electron chi connectivity index (χ4n) is 6.14. The fourth-order valence-corrected chi connectivity index (χ4v) is 6.14. The number of amides is 1. The largest absolute Gasteiger partial charge is 0.489 e. The van der Waals surface area contributed by atoms with Gasteiger partial charge in [-0.3, -0.25) is 9.20 Å². The second-order valence-corrected chi connectivity index (χ2v) is 11.3. The number of hydrogen-bond acceptors (Lipinski definition) is 6. The first-order chi connectivity index (χ1) is 19.5. The van der Waals surface area contributed by atoms with Gasteiger partial charge in [0.15, 0.2) is 0 Å². The number of nitrogen functional groups attached to an aromatic ring is 1. The number of likely N-dealkylation sites (tertiary alicyclic amines) is 1. The molecule has 2 aliphatic rings. The van der Waals surface area contributed by atoms with E-state index in [1.54, 1.807) is 6.20 Å². The molecule has 8 heteroatoms. The fraction of sp³-hybridized carbons (Fsp3) is 0.406. The third kappa shape index (κ3) is 5.68. The third-order valence-electron chi connectivity index (χ3n) is 8.49. The number of hydrogen-bond donors (Lipinski definition) is 2. The lowest BCUT2D eigenvalue weighted by molar-refractivity contribution is -0.127. The van der Waals surface area contributed by atoms with Crippen LogP contribution in [0.25, 0.3) is 16.8 Å². The molecule has 6 rings (SSSR count). The summed E-state index contributed by atoms with van der Waals surface area (Å²) in [6, 6.07) is 18.5. The summed E-state index contributed by atoms with van der Waals surface area (Å²) in [7, 11) is 2.14. The number of carbonyl (C=O) groups is 1. The molecule has 0 unspecified atom stereocenters. The molecule has 0 bridgehead atoms. The number of imidazole rings is 1. The Labute approximate surface area is 235 Å². The molecule has 0 radical (unpaired) electrons. The zero-order valence-electron chi connectivity index (χ0n) is 23.1. The topological polar surface area (TPSA) is 97.8 Å². The molecule has 1 aliphatic carbocycles. The van der Waals surface area contributed by atoms with Crippen LogP contribution in [-0.4, -0.2) is 51.4 Å². The predicted molar refractivity (Wildman–Crippen MR) is 157 cm³/mol. The van der Waals surface area contributed by atoms with Crippen LogP contribution in [0, 0.1) is 5.92 Å². The van der Waals surface area contributed by atoms with E-state index in [4.69, 9.17) is 15.5 Å². The summed E-state index contributed by atoms with van der Waals surface area (Å²) in [6.07, 6.45) is 9.35. The first-order valence-electron chi connectivity index (χ1n) is 14.4. The number of piperidine rings is 1. The molecular formula is C32H38N6O2. The number of nitrogens with one attached hydrogen (secondary N) is 1. The number of rotatable bonds is 7. The van der Waals surface area contributed by atoms with Gasteiger partial charge in [-0.15, -0.1) is 0 Å². The summed E-state index contributed by atoms with van der Waals surface area (Å²) < 4.78 is 8.19. The molecular weight excluding hydrogens is 500 g/mol. The lowest BCUT2D eigenvalue weighted by Crippen LogP contribution is -2.45. The maximum absolute atomic E-state index is 13.0. The van der Waals surface area contributed by atoms with Crippen LogP contribution in [-0.2, 0) is 11.4 Å². The molecule has 1 saturated heterocycles. The van der Waals surface area contributed by atoms with E-state index in [9.17, 15) is 4.79 Å².